The molecule has 19 heavy (non-hydrogen) atoms. The van der Waals surface area contributed by atoms with Crippen molar-refractivity contribution < 1.29 is 0 Å². The molecule has 0 N–H and O–H groups in total. The molecule has 1 aromatic heterocycles. The van der Waals surface area contributed by atoms with Gasteiger partial charge in [0.15, 0.2) is 0 Å². The van der Waals surface area contributed by atoms with Crippen LogP contribution in [0.25, 0.3) is 10.9 Å². The first kappa shape index (κ1) is 11.5. The average Bonchev–Trinajstić information content (AvgIpc) is 3.08. The van der Waals surface area contributed by atoms with Gasteiger partial charge in [-0.05, 0) is 67.1 Å². The number of hydrogen-bond acceptors (Lipinski definition) is 1. The zero-order valence-corrected chi connectivity index (χ0v) is 11.6. The molecule has 2 aliphatic rings. The van der Waals surface area contributed by atoms with Crippen molar-refractivity contribution in [2.24, 2.45) is 11.3 Å². The number of nitrogens with zero attached hydrogens (tertiary/aromatic N) is 1. The van der Waals surface area contributed by atoms with Crippen LogP contribution in [-0.2, 0) is 0 Å². The summed E-state index contributed by atoms with van der Waals surface area (Å²) in [5.41, 5.74) is 3.44. The second kappa shape index (κ2) is 4.06. The van der Waals surface area contributed by atoms with Gasteiger partial charge in [0.2, 0.25) is 0 Å². The molecule has 0 bridgehead atoms. The highest BCUT2D eigenvalue weighted by Crippen LogP contribution is 2.62. The minimum atomic E-state index is 0.749. The fourth-order valence-corrected chi connectivity index (χ4v) is 4.23. The van der Waals surface area contributed by atoms with Crippen LogP contribution in [0.2, 0.25) is 0 Å². The second-order valence-electron chi connectivity index (χ2n) is 6.66. The lowest BCUT2D eigenvalue weighted by Crippen LogP contribution is -2.15. The molecule has 1 aromatic carbocycles. The van der Waals surface area contributed by atoms with Crippen LogP contribution in [0, 0.1) is 11.3 Å². The van der Waals surface area contributed by atoms with Crippen LogP contribution < -0.4 is 0 Å². The smallest absolute Gasteiger partial charge is 0.0704 e. The first-order valence-electron chi connectivity index (χ1n) is 7.62. The Hall–Kier alpha value is -1.37. The molecule has 1 unspecified atom stereocenters. The van der Waals surface area contributed by atoms with E-state index < -0.39 is 0 Å². The number of para-hydroxylation sites is 1. The van der Waals surface area contributed by atoms with Crippen LogP contribution in [0.1, 0.15) is 50.5 Å². The summed E-state index contributed by atoms with van der Waals surface area (Å²) in [5, 5.41) is 1.37. The van der Waals surface area contributed by atoms with Crippen molar-refractivity contribution in [1.29, 1.82) is 0 Å². The summed E-state index contributed by atoms with van der Waals surface area (Å²) in [6, 6.07) is 10.8. The fourth-order valence-electron chi connectivity index (χ4n) is 4.23. The maximum absolute atomic E-state index is 4.49. The lowest BCUT2D eigenvalue weighted by atomic mass is 9.75. The molecule has 0 aliphatic heterocycles. The highest BCUT2D eigenvalue weighted by Gasteiger charge is 2.51. The van der Waals surface area contributed by atoms with E-state index >= 15 is 0 Å². The molecule has 0 radical (unpaired) electrons. The van der Waals surface area contributed by atoms with Crippen molar-refractivity contribution >= 4 is 10.9 Å². The van der Waals surface area contributed by atoms with Gasteiger partial charge in [0.1, 0.15) is 0 Å². The molecule has 2 aliphatic carbocycles. The van der Waals surface area contributed by atoms with Gasteiger partial charge in [-0.25, -0.2) is 0 Å². The summed E-state index contributed by atoms with van der Waals surface area (Å²) < 4.78 is 0. The van der Waals surface area contributed by atoms with E-state index in [-0.39, 0.29) is 0 Å². The molecule has 1 nitrogen and oxygen atoms in total. The molecular weight excluding hydrogens is 230 g/mol. The minimum absolute atomic E-state index is 0.749. The Morgan fingerprint density at radius 2 is 1.84 bits per heavy atom. The number of pyridine rings is 1. The summed E-state index contributed by atoms with van der Waals surface area (Å²) in [6.45, 7) is 2.43. The van der Waals surface area contributed by atoms with Crippen LogP contribution in [-0.4, -0.2) is 4.98 Å². The topological polar surface area (TPSA) is 12.9 Å². The Bertz CT molecular complexity index is 603. The standard InChI is InChI=1S/C18H21N/c1-13-12-18(13)9-6-14(7-10-18)15-8-11-19-17-5-3-2-4-16(15)17/h2-5,8,11,13-14H,6-7,9-10,12H2,1H3. The number of fused-ring (bicyclic) bond motifs is 1. The number of hydrogen-bond donors (Lipinski definition) is 0. The van der Waals surface area contributed by atoms with Gasteiger partial charge in [-0.1, -0.05) is 25.1 Å². The van der Waals surface area contributed by atoms with Gasteiger partial charge < -0.3 is 0 Å². The fraction of sp³-hybridized carbons (Fsp3) is 0.500. The van der Waals surface area contributed by atoms with Crippen molar-refractivity contribution in [2.75, 3.05) is 0 Å². The zero-order chi connectivity index (χ0) is 12.9. The molecule has 98 valence electrons. The number of benzene rings is 1. The largest absolute Gasteiger partial charge is 0.256 e. The van der Waals surface area contributed by atoms with Crippen LogP contribution in [0.4, 0.5) is 0 Å². The van der Waals surface area contributed by atoms with Crippen molar-refractivity contribution in [1.82, 2.24) is 4.98 Å². The number of rotatable bonds is 1. The normalized spacial score (nSPS) is 33.7. The quantitative estimate of drug-likeness (QED) is 0.701. The predicted molar refractivity (Wildman–Crippen MR) is 79.2 cm³/mol. The first-order chi connectivity index (χ1) is 9.28. The highest BCUT2D eigenvalue weighted by atomic mass is 14.6. The van der Waals surface area contributed by atoms with E-state index in [4.69, 9.17) is 0 Å². The van der Waals surface area contributed by atoms with E-state index in [1.54, 1.807) is 0 Å². The van der Waals surface area contributed by atoms with Crippen LogP contribution >= 0.6 is 0 Å². The third-order valence-electron chi connectivity index (χ3n) is 5.70. The van der Waals surface area contributed by atoms with E-state index in [0.717, 1.165) is 22.8 Å². The Kier molecular flexibility index (Phi) is 2.45. The monoisotopic (exact) mass is 251 g/mol. The van der Waals surface area contributed by atoms with Gasteiger partial charge in [0, 0.05) is 11.6 Å². The van der Waals surface area contributed by atoms with Gasteiger partial charge in [0.05, 0.1) is 5.52 Å². The summed E-state index contributed by atoms with van der Waals surface area (Å²) >= 11 is 0. The lowest BCUT2D eigenvalue weighted by Gasteiger charge is -2.30. The Morgan fingerprint density at radius 1 is 1.11 bits per heavy atom. The molecule has 2 fully saturated rings. The summed E-state index contributed by atoms with van der Waals surface area (Å²) in [5.74, 6) is 1.74. The van der Waals surface area contributed by atoms with Gasteiger partial charge in [0.25, 0.3) is 0 Å². The van der Waals surface area contributed by atoms with Crippen molar-refractivity contribution in [2.45, 2.75) is 44.9 Å². The van der Waals surface area contributed by atoms with E-state index in [1.165, 1.54) is 43.1 Å². The van der Waals surface area contributed by atoms with Crippen LogP contribution in [0.3, 0.4) is 0 Å². The van der Waals surface area contributed by atoms with E-state index in [1.807, 2.05) is 6.20 Å². The maximum Gasteiger partial charge on any atom is 0.0704 e. The molecule has 2 aromatic rings. The first-order valence-corrected chi connectivity index (χ1v) is 7.62. The van der Waals surface area contributed by atoms with Gasteiger partial charge in [-0.2, -0.15) is 0 Å². The van der Waals surface area contributed by atoms with Gasteiger partial charge >= 0.3 is 0 Å². The van der Waals surface area contributed by atoms with Crippen LogP contribution in [0.5, 0.6) is 0 Å². The zero-order valence-electron chi connectivity index (χ0n) is 11.6. The van der Waals surface area contributed by atoms with Crippen molar-refractivity contribution in [3.05, 3.63) is 42.1 Å². The molecule has 2 saturated carbocycles. The minimum Gasteiger partial charge on any atom is -0.256 e. The second-order valence-corrected chi connectivity index (χ2v) is 6.66. The molecule has 0 amide bonds. The molecule has 0 saturated heterocycles. The summed E-state index contributed by atoms with van der Waals surface area (Å²) in [7, 11) is 0. The average molecular weight is 251 g/mol. The molecule has 1 atom stereocenters. The van der Waals surface area contributed by atoms with Gasteiger partial charge in [-0.15, -0.1) is 0 Å². The summed E-state index contributed by atoms with van der Waals surface area (Å²) in [4.78, 5) is 4.49. The molecular formula is C18H21N. The Labute approximate surface area is 115 Å². The van der Waals surface area contributed by atoms with Crippen LogP contribution in [0.15, 0.2) is 36.5 Å². The Morgan fingerprint density at radius 3 is 2.58 bits per heavy atom. The molecule has 1 heteroatoms. The molecule has 1 heterocycles. The third kappa shape index (κ3) is 1.79. The number of aromatic nitrogens is 1. The van der Waals surface area contributed by atoms with E-state index in [9.17, 15) is 0 Å². The van der Waals surface area contributed by atoms with E-state index in [2.05, 4.69) is 42.2 Å². The maximum atomic E-state index is 4.49. The lowest BCUT2D eigenvalue weighted by molar-refractivity contribution is 0.287. The SMILES string of the molecule is CC1CC12CCC(c1ccnc3ccccc13)CC2. The van der Waals surface area contributed by atoms with Gasteiger partial charge in [-0.3, -0.25) is 4.98 Å². The highest BCUT2D eigenvalue weighted by molar-refractivity contribution is 5.82. The molecule has 1 spiro atoms. The van der Waals surface area contributed by atoms with Crippen molar-refractivity contribution in [3.8, 4) is 0 Å². The van der Waals surface area contributed by atoms with Crippen molar-refractivity contribution in [3.63, 3.8) is 0 Å². The predicted octanol–water partition coefficient (Wildman–Crippen LogP) is 4.92. The van der Waals surface area contributed by atoms with E-state index in [0.29, 0.717) is 0 Å². The third-order valence-corrected chi connectivity index (χ3v) is 5.70. The molecule has 4 rings (SSSR count). The summed E-state index contributed by atoms with van der Waals surface area (Å²) in [6.07, 6.45) is 9.10. The Balaban J connectivity index is 1.65.